The van der Waals surface area contributed by atoms with Crippen molar-refractivity contribution in [2.45, 2.75) is 258 Å². The Labute approximate surface area is 521 Å². The van der Waals surface area contributed by atoms with Crippen LogP contribution in [0, 0.1) is 0 Å². The maximum Gasteiger partial charge on any atom is 0.317 e. The van der Waals surface area contributed by atoms with E-state index < -0.39 is 62.6 Å². The Morgan fingerprint density at radius 1 is 0.264 bits per heavy atom. The van der Waals surface area contributed by atoms with Crippen molar-refractivity contribution in [2.24, 2.45) is 0 Å². The van der Waals surface area contributed by atoms with Gasteiger partial charge in [0.2, 0.25) is 0 Å². The SMILES string of the molecule is CN1C(C)(C)CC(=O)CC1(C)C.CN1C(C)(C)CC(=O)CC1(C)C.CN1C(C)(C)CC(=O)CC1(C)C.CN1C(C)(C)CC(=O)CC1(C)C.CN1C(C)(C)CC(=O)CC1(C)C.O=C(O)CN(CCN(CC(=O)O)CC(=O)O)CCN(CC(=O)O)CC(=O)O. The largest absolute Gasteiger partial charge is 0.480 e. The fourth-order valence-electron chi connectivity index (χ4n) is 12.6. The minimum Gasteiger partial charge on any atom is -0.480 e. The van der Waals surface area contributed by atoms with E-state index in [0.29, 0.717) is 93.1 Å². The van der Waals surface area contributed by atoms with Crippen molar-refractivity contribution in [1.29, 1.82) is 0 Å². The number of hydrogen-bond acceptors (Lipinski definition) is 18. The maximum absolute atomic E-state index is 11.4. The predicted octanol–water partition coefficient (Wildman–Crippen LogP) is 6.51. The van der Waals surface area contributed by atoms with E-state index in [9.17, 15) is 47.9 Å². The lowest BCUT2D eigenvalue weighted by molar-refractivity contribution is -0.143. The number of piperidine rings is 5. The first kappa shape index (κ1) is 82.4. The van der Waals surface area contributed by atoms with Gasteiger partial charge in [-0.05, 0) is 174 Å². The Morgan fingerprint density at radius 2 is 0.368 bits per heavy atom. The van der Waals surface area contributed by atoms with E-state index in [1.54, 1.807) is 0 Å². The lowest BCUT2D eigenvalue weighted by Gasteiger charge is -2.50. The third kappa shape index (κ3) is 28.0. The van der Waals surface area contributed by atoms with Crippen LogP contribution in [0.15, 0.2) is 0 Å². The van der Waals surface area contributed by atoms with E-state index in [4.69, 9.17) is 25.5 Å². The summed E-state index contributed by atoms with van der Waals surface area (Å²) in [6, 6.07) is 0. The molecule has 0 bridgehead atoms. The summed E-state index contributed by atoms with van der Waals surface area (Å²) >= 11 is 0. The summed E-state index contributed by atoms with van der Waals surface area (Å²) in [6.07, 6.45) is 6.87. The molecule has 504 valence electrons. The monoisotopic (exact) mass is 1240 g/mol. The summed E-state index contributed by atoms with van der Waals surface area (Å²) in [5.41, 5.74) is 0.266. The van der Waals surface area contributed by atoms with Crippen molar-refractivity contribution < 1.29 is 73.5 Å². The molecule has 5 N–H and O–H groups in total. The molecule has 0 aromatic rings. The number of Topliss-reactive ketones (excluding diaryl/α,β-unsaturated/α-hetero) is 5. The number of aliphatic carboxylic acids is 5. The second kappa shape index (κ2) is 31.9. The molecule has 5 rings (SSSR count). The molecule has 0 aromatic heterocycles. The van der Waals surface area contributed by atoms with Crippen LogP contribution in [0.2, 0.25) is 0 Å². The second-order valence-electron chi connectivity index (χ2n) is 31.0. The molecule has 0 saturated carbocycles. The molecule has 0 amide bonds. The first-order chi connectivity index (χ1) is 38.8. The number of carboxylic acids is 5. The molecule has 0 atom stereocenters. The summed E-state index contributed by atoms with van der Waals surface area (Å²) in [6.45, 7) is 39.9. The third-order valence-electron chi connectivity index (χ3n) is 18.6. The lowest BCUT2D eigenvalue weighted by atomic mass is 9.80. The van der Waals surface area contributed by atoms with Gasteiger partial charge < -0.3 is 25.5 Å². The number of carbonyl (C=O) groups excluding carboxylic acids is 5. The highest BCUT2D eigenvalue weighted by Crippen LogP contribution is 2.38. The van der Waals surface area contributed by atoms with Crippen LogP contribution < -0.4 is 0 Å². The highest BCUT2D eigenvalue weighted by molar-refractivity contribution is 5.84. The zero-order chi connectivity index (χ0) is 68.8. The van der Waals surface area contributed by atoms with Gasteiger partial charge in [0.05, 0.1) is 32.7 Å². The smallest absolute Gasteiger partial charge is 0.317 e. The zero-order valence-corrected chi connectivity index (χ0v) is 58.3. The summed E-state index contributed by atoms with van der Waals surface area (Å²) in [4.78, 5) is 126. The first-order valence-electron chi connectivity index (χ1n) is 30.3. The van der Waals surface area contributed by atoms with Crippen LogP contribution in [-0.2, 0) is 47.9 Å². The Balaban J connectivity index is 0.00000106. The van der Waals surface area contributed by atoms with Crippen LogP contribution in [0.1, 0.15) is 203 Å². The van der Waals surface area contributed by atoms with Crippen LogP contribution in [0.4, 0.5) is 0 Å². The number of carboxylic acid groups (broad SMARTS) is 5. The molecule has 0 aliphatic carbocycles. The van der Waals surface area contributed by atoms with Gasteiger partial charge in [0.25, 0.3) is 0 Å². The molecule has 5 aliphatic rings. The number of rotatable bonds is 16. The predicted molar refractivity (Wildman–Crippen MR) is 338 cm³/mol. The van der Waals surface area contributed by atoms with Gasteiger partial charge in [0.15, 0.2) is 0 Å². The van der Waals surface area contributed by atoms with Crippen LogP contribution in [0.3, 0.4) is 0 Å². The van der Waals surface area contributed by atoms with Gasteiger partial charge in [-0.1, -0.05) is 0 Å². The summed E-state index contributed by atoms with van der Waals surface area (Å²) < 4.78 is 0. The highest BCUT2D eigenvalue weighted by atomic mass is 16.4. The molecule has 5 heterocycles. The lowest BCUT2D eigenvalue weighted by Crippen LogP contribution is -2.58. The van der Waals surface area contributed by atoms with Gasteiger partial charge in [-0.2, -0.15) is 0 Å². The van der Waals surface area contributed by atoms with Gasteiger partial charge in [-0.25, -0.2) is 0 Å². The molecule has 0 aromatic carbocycles. The number of ketones is 5. The van der Waals surface area contributed by atoms with Crippen LogP contribution in [0.25, 0.3) is 0 Å². The van der Waals surface area contributed by atoms with Crippen LogP contribution >= 0.6 is 0 Å². The van der Waals surface area contributed by atoms with E-state index >= 15 is 0 Å². The molecule has 23 nitrogen and oxygen atoms in total. The summed E-state index contributed by atoms with van der Waals surface area (Å²) in [5.74, 6) is -4.20. The Kier molecular flexibility index (Phi) is 30.2. The van der Waals surface area contributed by atoms with Crippen molar-refractivity contribution >= 4 is 58.8 Å². The quantitative estimate of drug-likeness (QED) is 0.110. The van der Waals surface area contributed by atoms with Crippen molar-refractivity contribution in [3.63, 3.8) is 0 Å². The molecule has 0 unspecified atom stereocenters. The molecule has 87 heavy (non-hydrogen) atoms. The third-order valence-corrected chi connectivity index (χ3v) is 18.6. The number of carbonyl (C=O) groups is 10. The van der Waals surface area contributed by atoms with E-state index in [1.807, 2.05) is 0 Å². The summed E-state index contributed by atoms with van der Waals surface area (Å²) in [7, 11) is 10.5. The molecule has 23 heteroatoms. The Morgan fingerprint density at radius 3 is 0.483 bits per heavy atom. The molecule has 0 radical (unpaired) electrons. The first-order valence-corrected chi connectivity index (χ1v) is 30.3. The van der Waals surface area contributed by atoms with Crippen molar-refractivity contribution in [3.05, 3.63) is 0 Å². The number of likely N-dealkylation sites (tertiary alicyclic amines) is 5. The standard InChI is InChI=1S/C14H23N3O10.5C10H19NO/c18-10(19)5-15(1-3-16(6-11(20)21)7-12(22)23)2-4-17(8-13(24)25)9-14(26)27;5*1-9(2)6-8(12)7-10(3,4)11(9)5/h1-9H2,(H,18,19)(H,20,21)(H,22,23)(H,24,25)(H,26,27);5*6-7H2,1-5H3. The van der Waals surface area contributed by atoms with Gasteiger partial charge >= 0.3 is 29.8 Å². The van der Waals surface area contributed by atoms with Crippen LogP contribution in [0.5, 0.6) is 0 Å². The molecular formula is C64H118N8O15. The van der Waals surface area contributed by atoms with E-state index in [2.05, 4.69) is 198 Å². The van der Waals surface area contributed by atoms with Gasteiger partial charge in [-0.3, -0.25) is 87.1 Å². The highest BCUT2D eigenvalue weighted by Gasteiger charge is 2.46. The van der Waals surface area contributed by atoms with Crippen molar-refractivity contribution in [1.82, 2.24) is 39.2 Å². The van der Waals surface area contributed by atoms with Gasteiger partial charge in [0, 0.05) is 146 Å². The Hall–Kier alpha value is -4.62. The average molecular weight is 1240 g/mol. The van der Waals surface area contributed by atoms with Crippen LogP contribution in [-0.4, -0.2) is 273 Å². The topological polar surface area (TPSA) is 298 Å². The molecule has 5 fully saturated rings. The van der Waals surface area contributed by atoms with E-state index in [1.165, 1.54) is 4.90 Å². The molecule has 0 spiro atoms. The normalized spacial score (nSPS) is 23.4. The van der Waals surface area contributed by atoms with Gasteiger partial charge in [0.1, 0.15) is 28.9 Å². The molecule has 5 saturated heterocycles. The minimum atomic E-state index is -1.24. The van der Waals surface area contributed by atoms with E-state index in [-0.39, 0.29) is 81.6 Å². The molecular weight excluding hydrogens is 1120 g/mol. The molecule has 5 aliphatic heterocycles. The maximum atomic E-state index is 11.4. The summed E-state index contributed by atoms with van der Waals surface area (Å²) in [5, 5.41) is 44.1. The second-order valence-corrected chi connectivity index (χ2v) is 31.0. The van der Waals surface area contributed by atoms with Crippen molar-refractivity contribution in [3.8, 4) is 0 Å². The number of nitrogens with zero attached hydrogens (tertiary/aromatic N) is 8. The van der Waals surface area contributed by atoms with Crippen molar-refractivity contribution in [2.75, 3.05) is 94.1 Å². The fraction of sp³-hybridized carbons (Fsp3) is 0.844. The zero-order valence-electron chi connectivity index (χ0n) is 58.3. The fourth-order valence-corrected chi connectivity index (χ4v) is 12.6. The van der Waals surface area contributed by atoms with E-state index in [0.717, 1.165) is 9.80 Å². The minimum absolute atomic E-state index is 0.000836. The average Bonchev–Trinajstić information content (AvgIpc) is 3.28. The Bertz CT molecular complexity index is 1970. The number of hydrogen-bond donors (Lipinski definition) is 5. The van der Waals surface area contributed by atoms with Gasteiger partial charge in [-0.15, -0.1) is 0 Å².